The molecule has 0 aliphatic heterocycles. The minimum atomic E-state index is -3.64. The number of benzene rings is 2. The highest BCUT2D eigenvalue weighted by molar-refractivity contribution is 7.92. The van der Waals surface area contributed by atoms with E-state index in [9.17, 15) is 12.8 Å². The van der Waals surface area contributed by atoms with E-state index in [1.807, 2.05) is 6.07 Å². The first-order chi connectivity index (χ1) is 13.0. The van der Waals surface area contributed by atoms with Gasteiger partial charge >= 0.3 is 6.01 Å². The molecular formula is C18H16FN3O4S. The molecule has 0 saturated heterocycles. The Morgan fingerprint density at radius 3 is 2.33 bits per heavy atom. The van der Waals surface area contributed by atoms with Crippen LogP contribution in [0.1, 0.15) is 0 Å². The number of para-hydroxylation sites is 2. The first-order valence-electron chi connectivity index (χ1n) is 7.95. The van der Waals surface area contributed by atoms with E-state index in [4.69, 9.17) is 9.47 Å². The zero-order valence-electron chi connectivity index (χ0n) is 14.1. The topological polar surface area (TPSA) is 90.4 Å². The van der Waals surface area contributed by atoms with Crippen molar-refractivity contribution in [3.05, 3.63) is 72.8 Å². The third-order valence-corrected chi connectivity index (χ3v) is 4.55. The van der Waals surface area contributed by atoms with Crippen molar-refractivity contribution >= 4 is 15.7 Å². The van der Waals surface area contributed by atoms with Crippen molar-refractivity contribution in [1.82, 2.24) is 9.97 Å². The number of rotatable bonds is 8. The summed E-state index contributed by atoms with van der Waals surface area (Å²) in [7, 11) is -3.64. The van der Waals surface area contributed by atoms with Gasteiger partial charge in [0.15, 0.2) is 11.6 Å². The van der Waals surface area contributed by atoms with Crippen molar-refractivity contribution in [3.8, 4) is 17.5 Å². The predicted octanol–water partition coefficient (Wildman–Crippen LogP) is 3.23. The fourth-order valence-electron chi connectivity index (χ4n) is 2.06. The van der Waals surface area contributed by atoms with Gasteiger partial charge in [0, 0.05) is 0 Å². The Hall–Kier alpha value is -3.20. The molecule has 2 aromatic carbocycles. The summed E-state index contributed by atoms with van der Waals surface area (Å²) >= 11 is 0. The van der Waals surface area contributed by atoms with Gasteiger partial charge in [0.2, 0.25) is 10.0 Å². The lowest BCUT2D eigenvalue weighted by Gasteiger charge is -2.09. The van der Waals surface area contributed by atoms with Crippen LogP contribution in [0.25, 0.3) is 0 Å². The number of nitrogens with zero attached hydrogens (tertiary/aromatic N) is 2. The Bertz CT molecular complexity index is 983. The standard InChI is InChI=1S/C18H16FN3O4S/c19-16-8-4-5-9-17(16)26-18-20-12-14(13-21-18)22-27(23,24)11-10-25-15-6-2-1-3-7-15/h1-9,12-13,22H,10-11H2. The van der Waals surface area contributed by atoms with Crippen LogP contribution in [-0.4, -0.2) is 30.7 Å². The van der Waals surface area contributed by atoms with Crippen molar-refractivity contribution in [3.63, 3.8) is 0 Å². The van der Waals surface area contributed by atoms with Crippen LogP contribution in [0.15, 0.2) is 67.0 Å². The fourth-order valence-corrected chi connectivity index (χ4v) is 2.93. The highest BCUT2D eigenvalue weighted by Crippen LogP contribution is 2.21. The molecule has 0 amide bonds. The maximum atomic E-state index is 13.5. The van der Waals surface area contributed by atoms with Crippen LogP contribution in [0.4, 0.5) is 10.1 Å². The monoisotopic (exact) mass is 389 g/mol. The summed E-state index contributed by atoms with van der Waals surface area (Å²) in [5, 5.41) is 0. The second-order valence-electron chi connectivity index (χ2n) is 5.37. The number of nitrogens with one attached hydrogen (secondary N) is 1. The number of halogens is 1. The molecule has 0 bridgehead atoms. The quantitative estimate of drug-likeness (QED) is 0.636. The third-order valence-electron chi connectivity index (χ3n) is 3.30. The average molecular weight is 389 g/mol. The molecule has 0 aliphatic carbocycles. The Morgan fingerprint density at radius 1 is 0.963 bits per heavy atom. The first kappa shape index (κ1) is 18.6. The lowest BCUT2D eigenvalue weighted by atomic mass is 10.3. The molecule has 0 aliphatic rings. The number of hydrogen-bond donors (Lipinski definition) is 1. The minimum Gasteiger partial charge on any atom is -0.492 e. The number of hydrogen-bond acceptors (Lipinski definition) is 6. The highest BCUT2D eigenvalue weighted by atomic mass is 32.2. The van der Waals surface area contributed by atoms with Crippen LogP contribution in [0, 0.1) is 5.82 Å². The lowest BCUT2D eigenvalue weighted by molar-refractivity contribution is 0.341. The molecule has 9 heteroatoms. The maximum Gasteiger partial charge on any atom is 0.322 e. The van der Waals surface area contributed by atoms with Gasteiger partial charge in [-0.2, -0.15) is 0 Å². The van der Waals surface area contributed by atoms with E-state index in [-0.39, 0.29) is 29.8 Å². The van der Waals surface area contributed by atoms with Crippen molar-refractivity contribution < 1.29 is 22.3 Å². The smallest absolute Gasteiger partial charge is 0.322 e. The number of ether oxygens (including phenoxy) is 2. The fraction of sp³-hybridized carbons (Fsp3) is 0.111. The molecule has 1 heterocycles. The normalized spacial score (nSPS) is 11.0. The molecule has 3 aromatic rings. The van der Waals surface area contributed by atoms with Crippen LogP contribution in [-0.2, 0) is 10.0 Å². The Kier molecular flexibility index (Phi) is 5.82. The van der Waals surface area contributed by atoms with Crippen LogP contribution >= 0.6 is 0 Å². The second-order valence-corrected chi connectivity index (χ2v) is 7.21. The highest BCUT2D eigenvalue weighted by Gasteiger charge is 2.12. The van der Waals surface area contributed by atoms with Crippen molar-refractivity contribution in [1.29, 1.82) is 0 Å². The Balaban J connectivity index is 1.54. The summed E-state index contributed by atoms with van der Waals surface area (Å²) in [5.41, 5.74) is 0.163. The molecule has 1 aromatic heterocycles. The molecule has 0 radical (unpaired) electrons. The van der Waals surface area contributed by atoms with Gasteiger partial charge in [-0.25, -0.2) is 22.8 Å². The van der Waals surface area contributed by atoms with E-state index in [0.717, 1.165) is 0 Å². The Morgan fingerprint density at radius 2 is 1.63 bits per heavy atom. The molecule has 0 unspecified atom stereocenters. The zero-order valence-corrected chi connectivity index (χ0v) is 14.9. The second kappa shape index (κ2) is 8.45. The van der Waals surface area contributed by atoms with E-state index < -0.39 is 15.8 Å². The lowest BCUT2D eigenvalue weighted by Crippen LogP contribution is -2.21. The SMILES string of the molecule is O=S(=O)(CCOc1ccccc1)Nc1cnc(Oc2ccccc2F)nc1. The van der Waals surface area contributed by atoms with E-state index in [1.165, 1.54) is 30.6 Å². The van der Waals surface area contributed by atoms with Crippen molar-refractivity contribution in [2.24, 2.45) is 0 Å². The summed E-state index contributed by atoms with van der Waals surface area (Å²) in [6.45, 7) is -0.00528. The van der Waals surface area contributed by atoms with Crippen LogP contribution in [0.3, 0.4) is 0 Å². The number of aromatic nitrogens is 2. The van der Waals surface area contributed by atoms with Gasteiger partial charge in [-0.15, -0.1) is 0 Å². The van der Waals surface area contributed by atoms with Gasteiger partial charge in [-0.3, -0.25) is 4.72 Å². The third kappa shape index (κ3) is 5.65. The van der Waals surface area contributed by atoms with Gasteiger partial charge in [0.1, 0.15) is 18.1 Å². The molecule has 0 fully saturated rings. The summed E-state index contributed by atoms with van der Waals surface area (Å²) in [6.07, 6.45) is 2.47. The average Bonchev–Trinajstić information content (AvgIpc) is 2.66. The number of anilines is 1. The molecular weight excluding hydrogens is 373 g/mol. The van der Waals surface area contributed by atoms with Crippen LogP contribution < -0.4 is 14.2 Å². The largest absolute Gasteiger partial charge is 0.492 e. The van der Waals surface area contributed by atoms with E-state index in [1.54, 1.807) is 30.3 Å². The molecule has 27 heavy (non-hydrogen) atoms. The van der Waals surface area contributed by atoms with Gasteiger partial charge in [-0.1, -0.05) is 30.3 Å². The van der Waals surface area contributed by atoms with Gasteiger partial charge in [0.25, 0.3) is 0 Å². The maximum absolute atomic E-state index is 13.5. The molecule has 0 spiro atoms. The predicted molar refractivity (Wildman–Crippen MR) is 97.9 cm³/mol. The zero-order chi connectivity index (χ0) is 19.1. The van der Waals surface area contributed by atoms with Crippen molar-refractivity contribution in [2.45, 2.75) is 0 Å². The summed E-state index contributed by atoms with van der Waals surface area (Å²) in [4.78, 5) is 7.74. The van der Waals surface area contributed by atoms with Gasteiger partial charge in [0.05, 0.1) is 18.1 Å². The molecule has 140 valence electrons. The summed E-state index contributed by atoms with van der Waals surface area (Å²) in [6, 6.07) is 14.6. The van der Waals surface area contributed by atoms with Crippen molar-refractivity contribution in [2.75, 3.05) is 17.1 Å². The van der Waals surface area contributed by atoms with Crippen LogP contribution in [0.5, 0.6) is 17.5 Å². The summed E-state index contributed by atoms with van der Waals surface area (Å²) in [5.74, 6) is -0.228. The minimum absolute atomic E-state index is 0.00528. The number of sulfonamides is 1. The van der Waals surface area contributed by atoms with Crippen LogP contribution in [0.2, 0.25) is 0 Å². The van der Waals surface area contributed by atoms with E-state index in [2.05, 4.69) is 14.7 Å². The van der Waals surface area contributed by atoms with Gasteiger partial charge in [-0.05, 0) is 24.3 Å². The first-order valence-corrected chi connectivity index (χ1v) is 9.60. The molecule has 3 rings (SSSR count). The Labute approximate surface area is 155 Å². The molecule has 7 nitrogen and oxygen atoms in total. The molecule has 1 N–H and O–H groups in total. The molecule has 0 saturated carbocycles. The summed E-state index contributed by atoms with van der Waals surface area (Å²) < 4.78 is 50.6. The van der Waals surface area contributed by atoms with E-state index in [0.29, 0.717) is 5.75 Å². The van der Waals surface area contributed by atoms with Gasteiger partial charge < -0.3 is 9.47 Å². The van der Waals surface area contributed by atoms with E-state index >= 15 is 0 Å². The molecule has 0 atom stereocenters.